The van der Waals surface area contributed by atoms with Crippen molar-refractivity contribution in [3.8, 4) is 0 Å². The van der Waals surface area contributed by atoms with E-state index >= 15 is 0 Å². The summed E-state index contributed by atoms with van der Waals surface area (Å²) in [5.41, 5.74) is 0. The van der Waals surface area contributed by atoms with Gasteiger partial charge in [-0.3, -0.25) is 9.59 Å². The Morgan fingerprint density at radius 1 is 1.38 bits per heavy atom. The molecule has 1 aromatic heterocycles. The van der Waals surface area contributed by atoms with Crippen LogP contribution in [0.15, 0.2) is 24.3 Å². The van der Waals surface area contributed by atoms with Crippen molar-refractivity contribution in [3.05, 3.63) is 35.0 Å². The van der Waals surface area contributed by atoms with Crippen LogP contribution in [0.4, 0.5) is 4.39 Å². The topological polar surface area (TPSA) is 57.6 Å². The first-order valence-corrected chi connectivity index (χ1v) is 7.52. The molecule has 110 valence electrons. The van der Waals surface area contributed by atoms with E-state index in [0.29, 0.717) is 17.8 Å². The molecule has 3 rings (SSSR count). The second-order valence-corrected chi connectivity index (χ2v) is 6.35. The number of carboxylic acid groups (broad SMARTS) is 1. The second kappa shape index (κ2) is 5.11. The highest BCUT2D eigenvalue weighted by atomic mass is 32.1. The van der Waals surface area contributed by atoms with Gasteiger partial charge in [-0.25, -0.2) is 4.39 Å². The van der Waals surface area contributed by atoms with Crippen molar-refractivity contribution >= 4 is 33.3 Å². The third-order valence-electron chi connectivity index (χ3n) is 4.03. The number of fused-ring (bicyclic) bond motifs is 1. The zero-order chi connectivity index (χ0) is 15.1. The molecule has 2 atom stereocenters. The summed E-state index contributed by atoms with van der Waals surface area (Å²) < 4.78 is 13.9. The van der Waals surface area contributed by atoms with E-state index in [4.69, 9.17) is 5.11 Å². The lowest BCUT2D eigenvalue weighted by Crippen LogP contribution is -2.37. The summed E-state index contributed by atoms with van der Waals surface area (Å²) >= 11 is 1.24. The fraction of sp³-hybridized carbons (Fsp3) is 0.333. The van der Waals surface area contributed by atoms with Crippen LogP contribution in [0.25, 0.3) is 10.1 Å². The Labute approximate surface area is 124 Å². The predicted molar refractivity (Wildman–Crippen MR) is 78.0 cm³/mol. The van der Waals surface area contributed by atoms with Gasteiger partial charge < -0.3 is 10.0 Å². The predicted octanol–water partition coefficient (Wildman–Crippen LogP) is 2.98. The number of thiophene rings is 1. The summed E-state index contributed by atoms with van der Waals surface area (Å²) in [5.74, 6) is -1.88. The van der Waals surface area contributed by atoms with Crippen molar-refractivity contribution in [2.45, 2.75) is 19.4 Å². The minimum absolute atomic E-state index is 0.173. The van der Waals surface area contributed by atoms with Crippen LogP contribution in [0.1, 0.15) is 23.0 Å². The van der Waals surface area contributed by atoms with E-state index < -0.39 is 11.9 Å². The molecule has 2 aromatic rings. The largest absolute Gasteiger partial charge is 0.481 e. The molecule has 1 N–H and O–H groups in total. The number of aliphatic carboxylic acids is 1. The van der Waals surface area contributed by atoms with Crippen LogP contribution in [0, 0.1) is 11.7 Å². The maximum atomic E-state index is 13.2. The van der Waals surface area contributed by atoms with Crippen molar-refractivity contribution in [1.29, 1.82) is 0 Å². The Morgan fingerprint density at radius 3 is 2.81 bits per heavy atom. The summed E-state index contributed by atoms with van der Waals surface area (Å²) in [7, 11) is 0. The number of likely N-dealkylation sites (tertiary alicyclic amines) is 1. The quantitative estimate of drug-likeness (QED) is 0.928. The lowest BCUT2D eigenvalue weighted by atomic mass is 10.0. The van der Waals surface area contributed by atoms with Gasteiger partial charge in [-0.2, -0.15) is 0 Å². The first kappa shape index (κ1) is 14.0. The highest BCUT2D eigenvalue weighted by Crippen LogP contribution is 2.31. The number of halogens is 1. The molecule has 0 radical (unpaired) electrons. The van der Waals surface area contributed by atoms with Gasteiger partial charge in [0.2, 0.25) is 0 Å². The summed E-state index contributed by atoms with van der Waals surface area (Å²) in [6, 6.07) is 5.83. The number of benzene rings is 1. The Bertz CT molecular complexity index is 727. The van der Waals surface area contributed by atoms with Crippen LogP contribution < -0.4 is 0 Å². The summed E-state index contributed by atoms with van der Waals surface area (Å²) in [5, 5.41) is 9.95. The summed E-state index contributed by atoms with van der Waals surface area (Å²) in [6.07, 6.45) is 0.474. The fourth-order valence-electron chi connectivity index (χ4n) is 2.81. The normalized spacial score (nSPS) is 21.9. The molecular formula is C15H14FNO3S. The van der Waals surface area contributed by atoms with E-state index in [1.165, 1.54) is 23.5 Å². The van der Waals surface area contributed by atoms with Crippen molar-refractivity contribution < 1.29 is 19.1 Å². The first-order chi connectivity index (χ1) is 9.97. The van der Waals surface area contributed by atoms with E-state index in [0.717, 1.165) is 10.1 Å². The molecule has 0 aliphatic carbocycles. The highest BCUT2D eigenvalue weighted by molar-refractivity contribution is 7.20. The molecular weight excluding hydrogens is 293 g/mol. The van der Waals surface area contributed by atoms with Crippen LogP contribution in [-0.2, 0) is 4.79 Å². The molecule has 2 heterocycles. The number of carbonyl (C=O) groups is 2. The molecule has 2 unspecified atom stereocenters. The van der Waals surface area contributed by atoms with Gasteiger partial charge in [0, 0.05) is 17.3 Å². The second-order valence-electron chi connectivity index (χ2n) is 5.27. The monoisotopic (exact) mass is 307 g/mol. The van der Waals surface area contributed by atoms with Gasteiger partial charge in [0.05, 0.1) is 10.8 Å². The molecule has 1 aromatic carbocycles. The van der Waals surface area contributed by atoms with Gasteiger partial charge in [-0.05, 0) is 36.9 Å². The Balaban J connectivity index is 1.89. The lowest BCUT2D eigenvalue weighted by molar-refractivity contribution is -0.142. The maximum absolute atomic E-state index is 13.2. The van der Waals surface area contributed by atoms with Crippen LogP contribution in [0.3, 0.4) is 0 Å². The van der Waals surface area contributed by atoms with E-state index in [-0.39, 0.29) is 17.8 Å². The van der Waals surface area contributed by atoms with Gasteiger partial charge in [0.1, 0.15) is 5.82 Å². The number of nitrogens with zero attached hydrogens (tertiary/aromatic N) is 1. The molecule has 1 saturated heterocycles. The Morgan fingerprint density at radius 2 is 2.14 bits per heavy atom. The van der Waals surface area contributed by atoms with Crippen molar-refractivity contribution in [2.75, 3.05) is 6.54 Å². The maximum Gasteiger partial charge on any atom is 0.308 e. The number of rotatable bonds is 2. The van der Waals surface area contributed by atoms with Gasteiger partial charge in [-0.15, -0.1) is 11.3 Å². The van der Waals surface area contributed by atoms with Crippen molar-refractivity contribution in [3.63, 3.8) is 0 Å². The Kier molecular flexibility index (Phi) is 3.41. The van der Waals surface area contributed by atoms with Crippen LogP contribution in [-0.4, -0.2) is 34.5 Å². The molecule has 4 nitrogen and oxygen atoms in total. The standard InChI is InChI=1S/C15H14FNO3S/c1-8-11(15(19)20)4-5-17(8)14(18)13-6-9-2-3-10(16)7-12(9)21-13/h2-3,6-8,11H,4-5H2,1H3,(H,19,20). The van der Waals surface area contributed by atoms with Gasteiger partial charge >= 0.3 is 5.97 Å². The van der Waals surface area contributed by atoms with Gasteiger partial charge in [-0.1, -0.05) is 6.07 Å². The molecule has 1 aliphatic heterocycles. The van der Waals surface area contributed by atoms with E-state index in [2.05, 4.69) is 0 Å². The minimum atomic E-state index is -0.865. The average molecular weight is 307 g/mol. The SMILES string of the molecule is CC1C(C(=O)O)CCN1C(=O)c1cc2ccc(F)cc2s1. The third kappa shape index (κ3) is 2.40. The zero-order valence-electron chi connectivity index (χ0n) is 11.4. The molecule has 6 heteroatoms. The zero-order valence-corrected chi connectivity index (χ0v) is 12.2. The molecule has 21 heavy (non-hydrogen) atoms. The number of hydrogen-bond donors (Lipinski definition) is 1. The van der Waals surface area contributed by atoms with Crippen molar-refractivity contribution in [2.24, 2.45) is 5.92 Å². The fourth-order valence-corrected chi connectivity index (χ4v) is 3.85. The average Bonchev–Trinajstić information content (AvgIpc) is 3.00. The van der Waals surface area contributed by atoms with Gasteiger partial charge in [0.25, 0.3) is 5.91 Å². The van der Waals surface area contributed by atoms with Crippen LogP contribution in [0.2, 0.25) is 0 Å². The Hall–Kier alpha value is -1.95. The molecule has 1 aliphatic rings. The summed E-state index contributed by atoms with van der Waals surface area (Å²) in [4.78, 5) is 25.8. The van der Waals surface area contributed by atoms with E-state index in [1.54, 1.807) is 24.0 Å². The van der Waals surface area contributed by atoms with Crippen molar-refractivity contribution in [1.82, 2.24) is 4.90 Å². The molecule has 0 bridgehead atoms. The molecule has 1 fully saturated rings. The first-order valence-electron chi connectivity index (χ1n) is 6.70. The lowest BCUT2D eigenvalue weighted by Gasteiger charge is -2.22. The van der Waals surface area contributed by atoms with E-state index in [9.17, 15) is 14.0 Å². The molecule has 1 amide bonds. The number of amides is 1. The minimum Gasteiger partial charge on any atom is -0.481 e. The third-order valence-corrected chi connectivity index (χ3v) is 5.11. The number of hydrogen-bond acceptors (Lipinski definition) is 3. The number of carbonyl (C=O) groups excluding carboxylic acids is 1. The van der Waals surface area contributed by atoms with E-state index in [1.807, 2.05) is 0 Å². The molecule has 0 saturated carbocycles. The smallest absolute Gasteiger partial charge is 0.308 e. The molecule has 0 spiro atoms. The van der Waals surface area contributed by atoms with Crippen LogP contribution >= 0.6 is 11.3 Å². The summed E-state index contributed by atoms with van der Waals surface area (Å²) in [6.45, 7) is 2.20. The van der Waals surface area contributed by atoms with Gasteiger partial charge in [0.15, 0.2) is 0 Å². The highest BCUT2D eigenvalue weighted by Gasteiger charge is 2.38. The number of carboxylic acids is 1. The van der Waals surface area contributed by atoms with Crippen LogP contribution in [0.5, 0.6) is 0 Å².